The smallest absolute Gasteiger partial charge is 0.142 e. The summed E-state index contributed by atoms with van der Waals surface area (Å²) in [7, 11) is 0. The normalized spacial score (nSPS) is 19.1. The minimum atomic E-state index is 0.294. The highest BCUT2D eigenvalue weighted by atomic mass is 16.5. The van der Waals surface area contributed by atoms with Gasteiger partial charge in [-0.2, -0.15) is 0 Å². The van der Waals surface area contributed by atoms with Gasteiger partial charge in [-0.25, -0.2) is 0 Å². The zero-order chi connectivity index (χ0) is 14.1. The minimum absolute atomic E-state index is 0.294. The van der Waals surface area contributed by atoms with E-state index in [1.165, 1.54) is 5.56 Å². The van der Waals surface area contributed by atoms with Gasteiger partial charge in [0, 0.05) is 6.54 Å². The topological polar surface area (TPSA) is 42.5 Å². The Balaban J connectivity index is 1.50. The molecule has 2 aromatic carbocycles. The fraction of sp³-hybridized carbons (Fsp3) is 0.294. The number of fused-ring (bicyclic) bond motifs is 2. The zero-order valence-electron chi connectivity index (χ0n) is 11.8. The van der Waals surface area contributed by atoms with Gasteiger partial charge in [-0.3, -0.25) is 0 Å². The van der Waals surface area contributed by atoms with Crippen LogP contribution in [-0.2, 0) is 6.42 Å². The highest BCUT2D eigenvalue weighted by molar-refractivity contribution is 5.60. The molecule has 0 saturated heterocycles. The first-order chi connectivity index (χ1) is 10.4. The van der Waals surface area contributed by atoms with Gasteiger partial charge in [0.25, 0.3) is 0 Å². The van der Waals surface area contributed by atoms with Crippen LogP contribution in [0, 0.1) is 0 Å². The first kappa shape index (κ1) is 12.4. The predicted octanol–water partition coefficient (Wildman–Crippen LogP) is 2.91. The molecule has 4 heteroatoms. The number of hydrogen-bond donors (Lipinski definition) is 2. The van der Waals surface area contributed by atoms with Crippen LogP contribution in [0.2, 0.25) is 0 Å². The molecule has 0 amide bonds. The third kappa shape index (κ3) is 2.49. The van der Waals surface area contributed by atoms with Gasteiger partial charge in [0.2, 0.25) is 0 Å². The summed E-state index contributed by atoms with van der Waals surface area (Å²) in [6.07, 6.45) is 0.934. The van der Waals surface area contributed by atoms with Crippen LogP contribution < -0.4 is 20.1 Å². The van der Waals surface area contributed by atoms with Crippen molar-refractivity contribution in [2.45, 2.75) is 12.5 Å². The lowest BCUT2D eigenvalue weighted by Gasteiger charge is -2.28. The Hall–Kier alpha value is -2.36. The SMILES string of the molecule is c1ccc2c(c1)NC(Cc1ccc3c(c1)NCCO3)CO2. The van der Waals surface area contributed by atoms with E-state index in [0.29, 0.717) is 12.6 Å². The summed E-state index contributed by atoms with van der Waals surface area (Å²) in [4.78, 5) is 0. The molecule has 4 rings (SSSR count). The summed E-state index contributed by atoms with van der Waals surface area (Å²) in [6.45, 7) is 2.30. The van der Waals surface area contributed by atoms with Crippen LogP contribution in [0.3, 0.4) is 0 Å². The maximum absolute atomic E-state index is 5.82. The second-order valence-electron chi connectivity index (χ2n) is 5.46. The third-order valence-electron chi connectivity index (χ3n) is 3.89. The van der Waals surface area contributed by atoms with Gasteiger partial charge in [0.1, 0.15) is 24.7 Å². The third-order valence-corrected chi connectivity index (χ3v) is 3.89. The molecular weight excluding hydrogens is 264 g/mol. The predicted molar refractivity (Wildman–Crippen MR) is 83.5 cm³/mol. The van der Waals surface area contributed by atoms with Crippen molar-refractivity contribution < 1.29 is 9.47 Å². The molecule has 0 fully saturated rings. The van der Waals surface area contributed by atoms with Crippen molar-refractivity contribution in [3.05, 3.63) is 48.0 Å². The summed E-state index contributed by atoms with van der Waals surface area (Å²) in [6, 6.07) is 14.7. The average Bonchev–Trinajstić information content (AvgIpc) is 2.55. The van der Waals surface area contributed by atoms with Crippen LogP contribution in [-0.4, -0.2) is 25.8 Å². The van der Waals surface area contributed by atoms with Crippen LogP contribution in [0.15, 0.2) is 42.5 Å². The Bertz CT molecular complexity index is 657. The van der Waals surface area contributed by atoms with Crippen LogP contribution in [0.1, 0.15) is 5.56 Å². The zero-order valence-corrected chi connectivity index (χ0v) is 11.8. The molecule has 2 heterocycles. The van der Waals surface area contributed by atoms with E-state index in [-0.39, 0.29) is 0 Å². The van der Waals surface area contributed by atoms with Gasteiger partial charge >= 0.3 is 0 Å². The molecule has 0 radical (unpaired) electrons. The summed E-state index contributed by atoms with van der Waals surface area (Å²) < 4.78 is 11.4. The van der Waals surface area contributed by atoms with E-state index < -0.39 is 0 Å². The number of rotatable bonds is 2. The highest BCUT2D eigenvalue weighted by Crippen LogP contribution is 2.31. The standard InChI is InChI=1S/C17H18N2O2/c1-2-4-16-14(3-1)19-13(11-21-16)9-12-5-6-17-15(10-12)18-7-8-20-17/h1-6,10,13,18-19H,7-9,11H2. The fourth-order valence-electron chi connectivity index (χ4n) is 2.87. The van der Waals surface area contributed by atoms with Crippen molar-refractivity contribution in [1.82, 2.24) is 0 Å². The molecule has 0 aliphatic carbocycles. The van der Waals surface area contributed by atoms with E-state index in [1.54, 1.807) is 0 Å². The molecule has 1 atom stereocenters. The van der Waals surface area contributed by atoms with Gasteiger partial charge in [0.05, 0.1) is 17.4 Å². The molecule has 0 spiro atoms. The number of benzene rings is 2. The Morgan fingerprint density at radius 1 is 1.00 bits per heavy atom. The second kappa shape index (κ2) is 5.20. The molecular formula is C17H18N2O2. The van der Waals surface area contributed by atoms with Gasteiger partial charge in [-0.05, 0) is 36.2 Å². The summed E-state index contributed by atoms with van der Waals surface area (Å²) in [5, 5.41) is 6.93. The Labute approximate surface area is 124 Å². The molecule has 108 valence electrons. The number of hydrogen-bond acceptors (Lipinski definition) is 4. The average molecular weight is 282 g/mol. The molecule has 2 aromatic rings. The van der Waals surface area contributed by atoms with Gasteiger partial charge in [-0.15, -0.1) is 0 Å². The van der Waals surface area contributed by atoms with E-state index in [9.17, 15) is 0 Å². The molecule has 0 aromatic heterocycles. The number of ether oxygens (including phenoxy) is 2. The summed E-state index contributed by atoms with van der Waals surface area (Å²) in [5.74, 6) is 1.89. The lowest BCUT2D eigenvalue weighted by atomic mass is 10.0. The largest absolute Gasteiger partial charge is 0.490 e. The van der Waals surface area contributed by atoms with E-state index in [0.717, 1.165) is 42.4 Å². The summed E-state index contributed by atoms with van der Waals surface area (Å²) >= 11 is 0. The molecule has 2 aliphatic rings. The van der Waals surface area contributed by atoms with Crippen molar-refractivity contribution in [3.8, 4) is 11.5 Å². The first-order valence-corrected chi connectivity index (χ1v) is 7.36. The Morgan fingerprint density at radius 3 is 2.90 bits per heavy atom. The second-order valence-corrected chi connectivity index (χ2v) is 5.46. The number of para-hydroxylation sites is 2. The van der Waals surface area contributed by atoms with Gasteiger partial charge in [0.15, 0.2) is 0 Å². The Morgan fingerprint density at radius 2 is 1.90 bits per heavy atom. The van der Waals surface area contributed by atoms with E-state index in [4.69, 9.17) is 9.47 Å². The number of anilines is 2. The summed E-state index contributed by atoms with van der Waals surface area (Å²) in [5.41, 5.74) is 3.45. The van der Waals surface area contributed by atoms with E-state index in [2.05, 4.69) is 34.9 Å². The maximum Gasteiger partial charge on any atom is 0.142 e. The quantitative estimate of drug-likeness (QED) is 0.889. The maximum atomic E-state index is 5.82. The van der Waals surface area contributed by atoms with Crippen molar-refractivity contribution >= 4 is 11.4 Å². The van der Waals surface area contributed by atoms with Crippen LogP contribution >= 0.6 is 0 Å². The first-order valence-electron chi connectivity index (χ1n) is 7.36. The molecule has 0 bridgehead atoms. The highest BCUT2D eigenvalue weighted by Gasteiger charge is 2.19. The molecule has 2 N–H and O–H groups in total. The monoisotopic (exact) mass is 282 g/mol. The van der Waals surface area contributed by atoms with Crippen LogP contribution in [0.4, 0.5) is 11.4 Å². The van der Waals surface area contributed by atoms with Gasteiger partial charge < -0.3 is 20.1 Å². The fourth-order valence-corrected chi connectivity index (χ4v) is 2.87. The lowest BCUT2D eigenvalue weighted by molar-refractivity contribution is 0.283. The molecule has 1 unspecified atom stereocenters. The van der Waals surface area contributed by atoms with E-state index in [1.807, 2.05) is 18.2 Å². The van der Waals surface area contributed by atoms with Crippen molar-refractivity contribution in [1.29, 1.82) is 0 Å². The van der Waals surface area contributed by atoms with Crippen LogP contribution in [0.25, 0.3) is 0 Å². The van der Waals surface area contributed by atoms with E-state index >= 15 is 0 Å². The lowest BCUT2D eigenvalue weighted by Crippen LogP contribution is -2.33. The molecule has 4 nitrogen and oxygen atoms in total. The Kier molecular flexibility index (Phi) is 3.07. The number of nitrogens with one attached hydrogen (secondary N) is 2. The van der Waals surface area contributed by atoms with Crippen molar-refractivity contribution in [2.75, 3.05) is 30.4 Å². The minimum Gasteiger partial charge on any atom is -0.490 e. The van der Waals surface area contributed by atoms with Gasteiger partial charge in [-0.1, -0.05) is 18.2 Å². The van der Waals surface area contributed by atoms with Crippen molar-refractivity contribution in [3.63, 3.8) is 0 Å². The molecule has 21 heavy (non-hydrogen) atoms. The van der Waals surface area contributed by atoms with Crippen LogP contribution in [0.5, 0.6) is 11.5 Å². The van der Waals surface area contributed by atoms with Crippen molar-refractivity contribution in [2.24, 2.45) is 0 Å². The molecule has 0 saturated carbocycles. The molecule has 2 aliphatic heterocycles.